The first kappa shape index (κ1) is 21.7. The van der Waals surface area contributed by atoms with Gasteiger partial charge >= 0.3 is 5.97 Å². The van der Waals surface area contributed by atoms with E-state index in [9.17, 15) is 9.90 Å². The van der Waals surface area contributed by atoms with Crippen LogP contribution in [0.1, 0.15) is 84.6 Å². The van der Waals surface area contributed by atoms with E-state index in [0.717, 1.165) is 30.3 Å². The van der Waals surface area contributed by atoms with Crippen LogP contribution in [0.3, 0.4) is 0 Å². The van der Waals surface area contributed by atoms with Gasteiger partial charge in [0.15, 0.2) is 0 Å². The van der Waals surface area contributed by atoms with Gasteiger partial charge in [-0.2, -0.15) is 0 Å². The van der Waals surface area contributed by atoms with Gasteiger partial charge in [0.1, 0.15) is 0 Å². The van der Waals surface area contributed by atoms with Gasteiger partial charge in [-0.15, -0.1) is 0 Å². The van der Waals surface area contributed by atoms with Crippen LogP contribution in [-0.4, -0.2) is 15.6 Å². The lowest BCUT2D eigenvalue weighted by molar-refractivity contribution is 0.0698. The SMILES string of the molecule is CCCCCCC1CCCc2c(n(Cc3ccc(C)cc3)c3c(C(=O)O)cccc23)C1. The highest BCUT2D eigenvalue weighted by atomic mass is 16.4. The van der Waals surface area contributed by atoms with E-state index in [2.05, 4.69) is 48.7 Å². The number of aromatic carboxylic acids is 1. The molecule has 2 aromatic carbocycles. The molecule has 0 aliphatic heterocycles. The molecule has 1 unspecified atom stereocenters. The average Bonchev–Trinajstić information content (AvgIpc) is 2.91. The maximum absolute atomic E-state index is 12.1. The third-order valence-electron chi connectivity index (χ3n) is 6.98. The van der Waals surface area contributed by atoms with Crippen LogP contribution in [0.2, 0.25) is 0 Å². The van der Waals surface area contributed by atoms with Crippen molar-refractivity contribution in [1.29, 1.82) is 0 Å². The summed E-state index contributed by atoms with van der Waals surface area (Å²) in [5.41, 5.74) is 6.58. The summed E-state index contributed by atoms with van der Waals surface area (Å²) in [4.78, 5) is 12.1. The molecule has 1 aromatic heterocycles. The molecular formula is C28H35NO2. The number of carbonyl (C=O) groups is 1. The number of carboxylic acids is 1. The lowest BCUT2D eigenvalue weighted by Gasteiger charge is -2.18. The first-order chi connectivity index (χ1) is 15.1. The van der Waals surface area contributed by atoms with E-state index in [0.29, 0.717) is 11.5 Å². The smallest absolute Gasteiger partial charge is 0.337 e. The van der Waals surface area contributed by atoms with Crippen LogP contribution >= 0.6 is 0 Å². The average molecular weight is 418 g/mol. The van der Waals surface area contributed by atoms with Crippen LogP contribution in [0.4, 0.5) is 0 Å². The van der Waals surface area contributed by atoms with Crippen molar-refractivity contribution < 1.29 is 9.90 Å². The number of carboxylic acid groups (broad SMARTS) is 1. The van der Waals surface area contributed by atoms with Crippen molar-refractivity contribution in [3.05, 3.63) is 70.4 Å². The molecule has 0 saturated carbocycles. The van der Waals surface area contributed by atoms with Gasteiger partial charge in [-0.3, -0.25) is 0 Å². The van der Waals surface area contributed by atoms with Gasteiger partial charge in [-0.1, -0.05) is 81.0 Å². The molecule has 0 radical (unpaired) electrons. The van der Waals surface area contributed by atoms with Crippen molar-refractivity contribution in [1.82, 2.24) is 4.57 Å². The van der Waals surface area contributed by atoms with Crippen LogP contribution in [0.15, 0.2) is 42.5 Å². The number of nitrogens with zero attached hydrogens (tertiary/aromatic N) is 1. The fraction of sp³-hybridized carbons (Fsp3) is 0.464. The molecule has 1 aliphatic carbocycles. The fourth-order valence-corrected chi connectivity index (χ4v) is 5.32. The molecule has 1 heterocycles. The molecule has 31 heavy (non-hydrogen) atoms. The van der Waals surface area contributed by atoms with Crippen LogP contribution in [0.5, 0.6) is 0 Å². The van der Waals surface area contributed by atoms with Crippen LogP contribution in [0, 0.1) is 12.8 Å². The van der Waals surface area contributed by atoms with E-state index < -0.39 is 5.97 Å². The molecule has 1 atom stereocenters. The number of unbranched alkanes of at least 4 members (excludes halogenated alkanes) is 3. The van der Waals surface area contributed by atoms with Gasteiger partial charge in [-0.25, -0.2) is 4.79 Å². The predicted octanol–water partition coefficient (Wildman–Crippen LogP) is 7.16. The quantitative estimate of drug-likeness (QED) is 0.312. The zero-order valence-electron chi connectivity index (χ0n) is 19.0. The first-order valence-electron chi connectivity index (χ1n) is 12.0. The van der Waals surface area contributed by atoms with E-state index in [1.807, 2.05) is 6.07 Å². The standard InChI is InChI=1S/C28H35NO2/c1-3-4-5-6-9-21-10-7-11-23-24-12-8-13-25(28(30)31)27(24)29(26(23)18-21)19-22-16-14-20(2)15-17-22/h8,12-17,21H,3-7,9-11,18-19H2,1-2H3,(H,30,31). The minimum Gasteiger partial charge on any atom is -0.478 e. The Balaban J connectivity index is 1.76. The van der Waals surface area contributed by atoms with E-state index in [4.69, 9.17) is 0 Å². The number of para-hydroxylation sites is 1. The van der Waals surface area contributed by atoms with Crippen LogP contribution in [0.25, 0.3) is 10.9 Å². The number of fused-ring (bicyclic) bond motifs is 3. The predicted molar refractivity (Wildman–Crippen MR) is 128 cm³/mol. The van der Waals surface area contributed by atoms with Gasteiger partial charge < -0.3 is 9.67 Å². The Labute approximate surface area is 186 Å². The minimum atomic E-state index is -0.834. The summed E-state index contributed by atoms with van der Waals surface area (Å²) in [7, 11) is 0. The van der Waals surface area contributed by atoms with Gasteiger partial charge in [0, 0.05) is 17.6 Å². The van der Waals surface area contributed by atoms with E-state index in [1.165, 1.54) is 67.3 Å². The Morgan fingerprint density at radius 2 is 1.90 bits per heavy atom. The van der Waals surface area contributed by atoms with Crippen molar-refractivity contribution in [3.63, 3.8) is 0 Å². The minimum absolute atomic E-state index is 0.428. The second kappa shape index (κ2) is 9.72. The molecular weight excluding hydrogens is 382 g/mol. The van der Waals surface area contributed by atoms with Gasteiger partial charge in [-0.05, 0) is 55.7 Å². The summed E-state index contributed by atoms with van der Waals surface area (Å²) in [6.45, 7) is 5.10. The zero-order chi connectivity index (χ0) is 21.8. The molecule has 0 spiro atoms. The highest BCUT2D eigenvalue weighted by molar-refractivity contribution is 6.04. The first-order valence-corrected chi connectivity index (χ1v) is 12.0. The van der Waals surface area contributed by atoms with Crippen LogP contribution < -0.4 is 0 Å². The zero-order valence-corrected chi connectivity index (χ0v) is 19.0. The van der Waals surface area contributed by atoms with Crippen molar-refractivity contribution in [2.24, 2.45) is 5.92 Å². The summed E-state index contributed by atoms with van der Waals surface area (Å²) in [6.07, 6.45) is 11.1. The molecule has 1 N–H and O–H groups in total. The second-order valence-corrected chi connectivity index (χ2v) is 9.32. The van der Waals surface area contributed by atoms with Crippen molar-refractivity contribution in [3.8, 4) is 0 Å². The van der Waals surface area contributed by atoms with Gasteiger partial charge in [0.05, 0.1) is 11.1 Å². The molecule has 164 valence electrons. The van der Waals surface area contributed by atoms with Crippen molar-refractivity contribution >= 4 is 16.9 Å². The second-order valence-electron chi connectivity index (χ2n) is 9.32. The number of benzene rings is 2. The Hall–Kier alpha value is -2.55. The maximum atomic E-state index is 12.1. The monoisotopic (exact) mass is 417 g/mol. The van der Waals surface area contributed by atoms with E-state index in [1.54, 1.807) is 6.07 Å². The maximum Gasteiger partial charge on any atom is 0.337 e. The Bertz CT molecular complexity index is 1050. The molecule has 0 saturated heterocycles. The molecule has 0 amide bonds. The molecule has 3 heteroatoms. The Kier molecular flexibility index (Phi) is 6.80. The number of hydrogen-bond acceptors (Lipinski definition) is 1. The van der Waals surface area contributed by atoms with E-state index >= 15 is 0 Å². The summed E-state index contributed by atoms with van der Waals surface area (Å²) >= 11 is 0. The normalized spacial score (nSPS) is 16.3. The lowest BCUT2D eigenvalue weighted by atomic mass is 9.93. The molecule has 3 nitrogen and oxygen atoms in total. The van der Waals surface area contributed by atoms with Gasteiger partial charge in [0.25, 0.3) is 0 Å². The third-order valence-corrected chi connectivity index (χ3v) is 6.98. The summed E-state index contributed by atoms with van der Waals surface area (Å²) < 4.78 is 2.34. The molecule has 4 rings (SSSR count). The number of rotatable bonds is 8. The summed E-state index contributed by atoms with van der Waals surface area (Å²) in [5, 5.41) is 11.1. The molecule has 3 aromatic rings. The summed E-state index contributed by atoms with van der Waals surface area (Å²) in [6, 6.07) is 14.5. The van der Waals surface area contributed by atoms with Crippen LogP contribution in [-0.2, 0) is 19.4 Å². The largest absolute Gasteiger partial charge is 0.478 e. The lowest BCUT2D eigenvalue weighted by Crippen LogP contribution is -2.12. The number of aryl methyl sites for hydroxylation is 2. The Morgan fingerprint density at radius 3 is 2.65 bits per heavy atom. The van der Waals surface area contributed by atoms with Crippen molar-refractivity contribution in [2.75, 3.05) is 0 Å². The number of hydrogen-bond donors (Lipinski definition) is 1. The fourth-order valence-electron chi connectivity index (χ4n) is 5.32. The highest BCUT2D eigenvalue weighted by Gasteiger charge is 2.26. The Morgan fingerprint density at radius 1 is 1.10 bits per heavy atom. The highest BCUT2D eigenvalue weighted by Crippen LogP contribution is 2.37. The third kappa shape index (κ3) is 4.71. The number of aromatic nitrogens is 1. The van der Waals surface area contributed by atoms with Crippen molar-refractivity contribution in [2.45, 2.75) is 78.2 Å². The van der Waals surface area contributed by atoms with E-state index in [-0.39, 0.29) is 0 Å². The molecule has 0 fully saturated rings. The molecule has 1 aliphatic rings. The summed E-state index contributed by atoms with van der Waals surface area (Å²) in [5.74, 6) is -0.132. The molecule has 0 bridgehead atoms. The topological polar surface area (TPSA) is 42.2 Å². The van der Waals surface area contributed by atoms with Gasteiger partial charge in [0.2, 0.25) is 0 Å².